The average Bonchev–Trinajstić information content (AvgIpc) is 3.05. The van der Waals surface area contributed by atoms with Crippen LogP contribution in [0.3, 0.4) is 0 Å². The lowest BCUT2D eigenvalue weighted by Gasteiger charge is -2.35. The van der Waals surface area contributed by atoms with Gasteiger partial charge in [-0.2, -0.15) is 0 Å². The maximum atomic E-state index is 10.8. The Kier molecular flexibility index (Phi) is 8.69. The van der Waals surface area contributed by atoms with Crippen molar-refractivity contribution < 1.29 is 24.1 Å². The zero-order valence-corrected chi connectivity index (χ0v) is 26.3. The molecule has 6 rings (SSSR count). The van der Waals surface area contributed by atoms with Crippen LogP contribution < -0.4 is 18.9 Å². The monoisotopic (exact) mass is 594 g/mol. The van der Waals surface area contributed by atoms with Crippen molar-refractivity contribution in [2.24, 2.45) is 0 Å². The summed E-state index contributed by atoms with van der Waals surface area (Å²) in [6, 6.07) is 25.0. The molecule has 2 aliphatic heterocycles. The summed E-state index contributed by atoms with van der Waals surface area (Å²) in [7, 11) is 9.39. The summed E-state index contributed by atoms with van der Waals surface area (Å²) in [4.78, 5) is 4.79. The van der Waals surface area contributed by atoms with Crippen LogP contribution in [-0.4, -0.2) is 63.4 Å². The second kappa shape index (κ2) is 12.8. The second-order valence-corrected chi connectivity index (χ2v) is 11.9. The first-order chi connectivity index (χ1) is 21.4. The summed E-state index contributed by atoms with van der Waals surface area (Å²) >= 11 is 0. The molecule has 0 bridgehead atoms. The van der Waals surface area contributed by atoms with E-state index < -0.39 is 0 Å². The molecule has 4 aromatic rings. The van der Waals surface area contributed by atoms with Crippen molar-refractivity contribution in [2.45, 2.75) is 37.8 Å². The number of methoxy groups -OCH3 is 3. The third kappa shape index (κ3) is 6.07. The summed E-state index contributed by atoms with van der Waals surface area (Å²) in [5.41, 5.74) is 7.49. The number of hydrogen-bond donors (Lipinski definition) is 1. The molecule has 0 amide bonds. The molecule has 4 aromatic carbocycles. The third-order valence-corrected chi connectivity index (χ3v) is 9.28. The minimum absolute atomic E-state index is 0.127. The highest BCUT2D eigenvalue weighted by molar-refractivity contribution is 5.51. The summed E-state index contributed by atoms with van der Waals surface area (Å²) in [5, 5.41) is 10.8. The van der Waals surface area contributed by atoms with Crippen molar-refractivity contribution in [1.29, 1.82) is 0 Å². The smallest absolute Gasteiger partial charge is 0.169 e. The second-order valence-electron chi connectivity index (χ2n) is 11.9. The van der Waals surface area contributed by atoms with Crippen LogP contribution in [0.5, 0.6) is 34.5 Å². The molecule has 7 heteroatoms. The number of ether oxygens (including phenoxy) is 4. The van der Waals surface area contributed by atoms with E-state index in [1.54, 1.807) is 27.4 Å². The number of aromatic hydroxyl groups is 1. The van der Waals surface area contributed by atoms with Gasteiger partial charge in [0.1, 0.15) is 11.5 Å². The molecule has 0 aliphatic carbocycles. The molecule has 230 valence electrons. The highest BCUT2D eigenvalue weighted by Crippen LogP contribution is 2.41. The first-order valence-electron chi connectivity index (χ1n) is 15.3. The fourth-order valence-corrected chi connectivity index (χ4v) is 6.65. The van der Waals surface area contributed by atoms with Crippen LogP contribution in [0.25, 0.3) is 0 Å². The van der Waals surface area contributed by atoms with E-state index in [1.165, 1.54) is 27.8 Å². The number of likely N-dealkylation sites (N-methyl/N-ethyl adjacent to an activating group) is 2. The Balaban J connectivity index is 1.25. The number of hydrogen-bond acceptors (Lipinski definition) is 7. The van der Waals surface area contributed by atoms with Crippen LogP contribution in [0.15, 0.2) is 72.8 Å². The Bertz CT molecular complexity index is 1620. The van der Waals surface area contributed by atoms with E-state index in [1.807, 2.05) is 30.3 Å². The highest BCUT2D eigenvalue weighted by atomic mass is 16.5. The van der Waals surface area contributed by atoms with E-state index in [0.717, 1.165) is 67.3 Å². The van der Waals surface area contributed by atoms with Crippen molar-refractivity contribution in [2.75, 3.05) is 48.5 Å². The molecule has 0 aromatic heterocycles. The molecular weight excluding hydrogens is 552 g/mol. The maximum Gasteiger partial charge on any atom is 0.169 e. The van der Waals surface area contributed by atoms with E-state index in [-0.39, 0.29) is 17.8 Å². The van der Waals surface area contributed by atoms with Gasteiger partial charge in [-0.1, -0.05) is 24.3 Å². The fraction of sp³-hybridized carbons (Fsp3) is 0.351. The average molecular weight is 595 g/mol. The molecule has 2 aliphatic rings. The lowest BCUT2D eigenvalue weighted by molar-refractivity contribution is 0.227. The molecule has 44 heavy (non-hydrogen) atoms. The number of phenols is 1. The Morgan fingerprint density at radius 2 is 1.20 bits per heavy atom. The number of rotatable bonds is 9. The Labute approximate surface area is 260 Å². The van der Waals surface area contributed by atoms with Crippen LogP contribution in [0.4, 0.5) is 0 Å². The number of phenolic OH excluding ortho intramolecular Hbond substituents is 1. The van der Waals surface area contributed by atoms with E-state index in [2.05, 4.69) is 60.3 Å². The lowest BCUT2D eigenvalue weighted by atomic mass is 9.88. The summed E-state index contributed by atoms with van der Waals surface area (Å²) < 4.78 is 22.9. The van der Waals surface area contributed by atoms with Crippen molar-refractivity contribution in [1.82, 2.24) is 9.80 Å². The minimum Gasteiger partial charge on any atom is -0.504 e. The lowest BCUT2D eigenvalue weighted by Crippen LogP contribution is -2.33. The van der Waals surface area contributed by atoms with Gasteiger partial charge < -0.3 is 24.1 Å². The molecule has 2 atom stereocenters. The van der Waals surface area contributed by atoms with Gasteiger partial charge >= 0.3 is 0 Å². The molecule has 0 radical (unpaired) electrons. The fourth-order valence-electron chi connectivity index (χ4n) is 6.65. The van der Waals surface area contributed by atoms with Gasteiger partial charge in [0.2, 0.25) is 0 Å². The summed E-state index contributed by atoms with van der Waals surface area (Å²) in [6.45, 7) is 1.96. The SMILES string of the molecule is COc1ccc(C[C@@H]2c3cc(Oc4cc(C[C@@H]5c6cc(OC)c(OC)cc6CCN5C)ccc4O)ccc3CCN2C)cc1. The van der Waals surface area contributed by atoms with Gasteiger partial charge in [-0.3, -0.25) is 9.80 Å². The van der Waals surface area contributed by atoms with E-state index in [9.17, 15) is 5.11 Å². The van der Waals surface area contributed by atoms with Gasteiger partial charge in [-0.15, -0.1) is 0 Å². The molecule has 0 spiro atoms. The number of fused-ring (bicyclic) bond motifs is 2. The predicted octanol–water partition coefficient (Wildman–Crippen LogP) is 6.75. The van der Waals surface area contributed by atoms with Gasteiger partial charge in [-0.25, -0.2) is 0 Å². The Hall–Kier alpha value is -4.20. The van der Waals surface area contributed by atoms with Gasteiger partial charge in [-0.05, 0) is 122 Å². The van der Waals surface area contributed by atoms with Crippen LogP contribution in [0.2, 0.25) is 0 Å². The van der Waals surface area contributed by atoms with Crippen molar-refractivity contribution in [3.63, 3.8) is 0 Å². The quantitative estimate of drug-likeness (QED) is 0.230. The van der Waals surface area contributed by atoms with Crippen LogP contribution in [0.1, 0.15) is 45.5 Å². The minimum atomic E-state index is 0.127. The number of benzene rings is 4. The molecule has 0 saturated carbocycles. The largest absolute Gasteiger partial charge is 0.504 e. The molecule has 0 unspecified atom stereocenters. The topological polar surface area (TPSA) is 63.6 Å². The molecule has 0 saturated heterocycles. The van der Waals surface area contributed by atoms with Gasteiger partial charge in [0, 0.05) is 25.2 Å². The first-order valence-corrected chi connectivity index (χ1v) is 15.3. The van der Waals surface area contributed by atoms with Crippen molar-refractivity contribution >= 4 is 0 Å². The Morgan fingerprint density at radius 1 is 0.614 bits per heavy atom. The van der Waals surface area contributed by atoms with Crippen LogP contribution in [0, 0.1) is 0 Å². The van der Waals surface area contributed by atoms with Gasteiger partial charge in [0.05, 0.1) is 21.3 Å². The van der Waals surface area contributed by atoms with Gasteiger partial charge in [0.25, 0.3) is 0 Å². The van der Waals surface area contributed by atoms with Crippen molar-refractivity contribution in [3.8, 4) is 34.5 Å². The molecule has 1 N–H and O–H groups in total. The molecule has 7 nitrogen and oxygen atoms in total. The first kappa shape index (κ1) is 29.9. The highest BCUT2D eigenvalue weighted by Gasteiger charge is 2.28. The normalized spacial score (nSPS) is 18.3. The third-order valence-electron chi connectivity index (χ3n) is 9.28. The van der Waals surface area contributed by atoms with E-state index in [0.29, 0.717) is 5.75 Å². The zero-order chi connectivity index (χ0) is 30.8. The van der Waals surface area contributed by atoms with Crippen LogP contribution >= 0.6 is 0 Å². The molecular formula is C37H42N2O5. The van der Waals surface area contributed by atoms with Crippen molar-refractivity contribution in [3.05, 3.63) is 106 Å². The Morgan fingerprint density at radius 3 is 1.89 bits per heavy atom. The van der Waals surface area contributed by atoms with E-state index in [4.69, 9.17) is 18.9 Å². The maximum absolute atomic E-state index is 10.8. The molecule has 0 fully saturated rings. The summed E-state index contributed by atoms with van der Waals surface area (Å²) in [5.74, 6) is 3.68. The zero-order valence-electron chi connectivity index (χ0n) is 26.3. The molecule has 2 heterocycles. The predicted molar refractivity (Wildman–Crippen MR) is 173 cm³/mol. The van der Waals surface area contributed by atoms with E-state index >= 15 is 0 Å². The van der Waals surface area contributed by atoms with Crippen LogP contribution in [-0.2, 0) is 25.7 Å². The van der Waals surface area contributed by atoms with Gasteiger partial charge in [0.15, 0.2) is 23.0 Å². The summed E-state index contributed by atoms with van der Waals surface area (Å²) in [6.07, 6.45) is 3.62. The standard InChI is InChI=1S/C37H42N2O5/c1-38-16-14-26-9-12-29(22-30(26)32(38)18-24-6-10-28(41-3)11-7-24)44-35-20-25(8-13-34(35)40)19-33-31-23-37(43-5)36(42-4)21-27(31)15-17-39(33)2/h6-13,20-23,32-33,40H,14-19H2,1-5H3/t32-,33-/m1/s1. The number of nitrogens with zero attached hydrogens (tertiary/aromatic N) is 2.